The van der Waals surface area contributed by atoms with Gasteiger partial charge in [0.05, 0.1) is 12.2 Å². The molecule has 5 heteroatoms. The molecule has 0 aromatic carbocycles. The number of hydrogen-bond acceptors (Lipinski definition) is 4. The molecule has 5 nitrogen and oxygen atoms in total. The van der Waals surface area contributed by atoms with Gasteiger partial charge in [-0.1, -0.05) is 20.8 Å². The van der Waals surface area contributed by atoms with Crippen molar-refractivity contribution in [2.45, 2.75) is 110 Å². The number of carboxylic acids is 1. The van der Waals surface area contributed by atoms with E-state index in [1.54, 1.807) is 0 Å². The quantitative estimate of drug-likeness (QED) is 0.499. The van der Waals surface area contributed by atoms with Gasteiger partial charge in [-0.25, -0.2) is 4.79 Å². The van der Waals surface area contributed by atoms with Crippen molar-refractivity contribution in [1.29, 1.82) is 0 Å². The average molecular weight is 437 g/mol. The van der Waals surface area contributed by atoms with Gasteiger partial charge in [0.2, 0.25) is 0 Å². The molecule has 4 N–H and O–H groups in total. The maximum absolute atomic E-state index is 10.9. The van der Waals surface area contributed by atoms with E-state index in [0.29, 0.717) is 35.0 Å². The van der Waals surface area contributed by atoms with Gasteiger partial charge < -0.3 is 20.4 Å². The van der Waals surface area contributed by atoms with Crippen molar-refractivity contribution >= 4 is 5.97 Å². The molecular formula is C26H44O5. The van der Waals surface area contributed by atoms with Crippen molar-refractivity contribution in [2.75, 3.05) is 0 Å². The van der Waals surface area contributed by atoms with Crippen LogP contribution in [0.4, 0.5) is 0 Å². The summed E-state index contributed by atoms with van der Waals surface area (Å²) in [6, 6.07) is 0. The molecule has 4 aliphatic carbocycles. The first kappa shape index (κ1) is 23.5. The van der Waals surface area contributed by atoms with E-state index >= 15 is 0 Å². The summed E-state index contributed by atoms with van der Waals surface area (Å²) in [5, 5.41) is 38.8. The van der Waals surface area contributed by atoms with E-state index < -0.39 is 18.2 Å². The second-order valence-electron chi connectivity index (χ2n) is 12.2. The van der Waals surface area contributed by atoms with Crippen molar-refractivity contribution in [2.24, 2.45) is 46.3 Å². The Morgan fingerprint density at radius 1 is 0.935 bits per heavy atom. The highest BCUT2D eigenvalue weighted by Crippen LogP contribution is 2.68. The van der Waals surface area contributed by atoms with Gasteiger partial charge in [-0.3, -0.25) is 0 Å². The highest BCUT2D eigenvalue weighted by atomic mass is 16.4. The van der Waals surface area contributed by atoms with Crippen molar-refractivity contribution in [3.05, 3.63) is 0 Å². The number of carboxylic acid groups (broad SMARTS) is 1. The van der Waals surface area contributed by atoms with Crippen LogP contribution in [0, 0.1) is 46.3 Å². The van der Waals surface area contributed by atoms with Crippen molar-refractivity contribution in [1.82, 2.24) is 0 Å². The Morgan fingerprint density at radius 2 is 1.61 bits per heavy atom. The summed E-state index contributed by atoms with van der Waals surface area (Å²) < 4.78 is 0. The van der Waals surface area contributed by atoms with Gasteiger partial charge in [-0.05, 0) is 117 Å². The predicted molar refractivity (Wildman–Crippen MR) is 119 cm³/mol. The number of hydrogen-bond donors (Lipinski definition) is 4. The molecule has 11 atom stereocenters. The first-order valence-electron chi connectivity index (χ1n) is 12.8. The summed E-state index contributed by atoms with van der Waals surface area (Å²) in [7, 11) is 0. The lowest BCUT2D eigenvalue weighted by atomic mass is 9.44. The lowest BCUT2D eigenvalue weighted by molar-refractivity contribution is -0.153. The second-order valence-corrected chi connectivity index (χ2v) is 12.2. The van der Waals surface area contributed by atoms with Gasteiger partial charge in [0.25, 0.3) is 0 Å². The minimum absolute atomic E-state index is 0.0878. The maximum atomic E-state index is 10.9. The van der Waals surface area contributed by atoms with E-state index in [1.165, 1.54) is 44.9 Å². The Bertz CT molecular complexity index is 666. The molecule has 0 amide bonds. The molecule has 0 heterocycles. The molecule has 4 fully saturated rings. The zero-order chi connectivity index (χ0) is 22.6. The highest BCUT2D eigenvalue weighted by Gasteiger charge is 2.60. The third-order valence-electron chi connectivity index (χ3n) is 10.9. The van der Waals surface area contributed by atoms with E-state index in [0.717, 1.165) is 37.0 Å². The summed E-state index contributed by atoms with van der Waals surface area (Å²) in [5.41, 5.74) is 0.749. The summed E-state index contributed by atoms with van der Waals surface area (Å²) in [5.74, 6) is 2.79. The molecule has 0 aliphatic heterocycles. The van der Waals surface area contributed by atoms with Gasteiger partial charge in [0, 0.05) is 0 Å². The van der Waals surface area contributed by atoms with Crippen LogP contribution in [0.5, 0.6) is 0 Å². The normalized spacial score (nSPS) is 47.5. The topological polar surface area (TPSA) is 98.0 Å². The maximum Gasteiger partial charge on any atom is 0.335 e. The van der Waals surface area contributed by atoms with Crippen LogP contribution in [0.2, 0.25) is 0 Å². The van der Waals surface area contributed by atoms with Gasteiger partial charge in [-0.15, -0.1) is 0 Å². The minimum atomic E-state index is -1.68. The molecule has 0 bridgehead atoms. The fourth-order valence-corrected chi connectivity index (χ4v) is 9.17. The third kappa shape index (κ3) is 3.97. The Labute approximate surface area is 187 Å². The molecule has 0 radical (unpaired) electrons. The standard InChI is InChI=1S/C26H44O5/c1-15(4-9-22(28)23(29)24(30)31)19-7-8-20-18-6-5-16-14-17(27)10-12-25(16,2)21(18)11-13-26(19,20)3/h15-23,27-29H,4-14H2,1-3H3,(H,30,31)/t15-,16-,17-,18+,19-,20+,21+,22-,23-,25+,26-/m1/s1. The molecule has 0 aromatic rings. The van der Waals surface area contributed by atoms with Crippen LogP contribution in [-0.2, 0) is 4.79 Å². The molecule has 0 saturated heterocycles. The van der Waals surface area contributed by atoms with Crippen LogP contribution in [0.3, 0.4) is 0 Å². The largest absolute Gasteiger partial charge is 0.479 e. The number of aliphatic hydroxyl groups is 3. The second kappa shape index (κ2) is 8.61. The smallest absolute Gasteiger partial charge is 0.335 e. The van der Waals surface area contributed by atoms with E-state index in [-0.39, 0.29) is 6.10 Å². The Morgan fingerprint density at radius 3 is 2.32 bits per heavy atom. The van der Waals surface area contributed by atoms with E-state index in [2.05, 4.69) is 20.8 Å². The molecule has 0 unspecified atom stereocenters. The van der Waals surface area contributed by atoms with Crippen molar-refractivity contribution < 1.29 is 25.2 Å². The Balaban J connectivity index is 1.43. The number of aliphatic hydroxyl groups excluding tert-OH is 3. The molecule has 4 saturated carbocycles. The van der Waals surface area contributed by atoms with Crippen LogP contribution in [0.15, 0.2) is 0 Å². The third-order valence-corrected chi connectivity index (χ3v) is 10.9. The van der Waals surface area contributed by atoms with Crippen LogP contribution in [0.25, 0.3) is 0 Å². The zero-order valence-electron chi connectivity index (χ0n) is 19.7. The van der Waals surface area contributed by atoms with E-state index in [4.69, 9.17) is 5.11 Å². The SMILES string of the molecule is C[C@H](CC[C@@H](O)[C@@H](O)C(=O)O)[C@H]1CC[C@H]2[C@@H]3CC[C@@H]4C[C@H](O)CC[C@]4(C)[C@H]3CC[C@]12C. The molecule has 0 aromatic heterocycles. The zero-order valence-corrected chi connectivity index (χ0v) is 19.7. The highest BCUT2D eigenvalue weighted by molar-refractivity contribution is 5.72. The molecule has 4 aliphatic rings. The molecule has 31 heavy (non-hydrogen) atoms. The van der Waals surface area contributed by atoms with Crippen molar-refractivity contribution in [3.8, 4) is 0 Å². The first-order valence-corrected chi connectivity index (χ1v) is 12.8. The van der Waals surface area contributed by atoms with E-state index in [9.17, 15) is 20.1 Å². The van der Waals surface area contributed by atoms with Gasteiger partial charge >= 0.3 is 5.97 Å². The van der Waals surface area contributed by atoms with Gasteiger partial charge in [0.1, 0.15) is 0 Å². The van der Waals surface area contributed by atoms with Crippen molar-refractivity contribution in [3.63, 3.8) is 0 Å². The number of aliphatic carboxylic acids is 1. The fraction of sp³-hybridized carbons (Fsp3) is 0.962. The van der Waals surface area contributed by atoms with Gasteiger partial charge in [0.15, 0.2) is 6.10 Å². The number of rotatable bonds is 6. The molecule has 4 rings (SSSR count). The van der Waals surface area contributed by atoms with Gasteiger partial charge in [-0.2, -0.15) is 0 Å². The Hall–Kier alpha value is -0.650. The van der Waals surface area contributed by atoms with Crippen LogP contribution in [0.1, 0.15) is 91.4 Å². The lowest BCUT2D eigenvalue weighted by Gasteiger charge is -2.61. The number of fused-ring (bicyclic) bond motifs is 5. The fourth-order valence-electron chi connectivity index (χ4n) is 9.17. The number of carbonyl (C=O) groups is 1. The summed E-state index contributed by atoms with van der Waals surface area (Å²) >= 11 is 0. The summed E-state index contributed by atoms with van der Waals surface area (Å²) in [6.07, 6.45) is 9.06. The molecular weight excluding hydrogens is 392 g/mol. The predicted octanol–water partition coefficient (Wildman–Crippen LogP) is 4.23. The van der Waals surface area contributed by atoms with Crippen LogP contribution < -0.4 is 0 Å². The minimum Gasteiger partial charge on any atom is -0.479 e. The average Bonchev–Trinajstić information content (AvgIpc) is 3.09. The van der Waals surface area contributed by atoms with Crippen LogP contribution in [-0.4, -0.2) is 44.7 Å². The molecule has 178 valence electrons. The summed E-state index contributed by atoms with van der Waals surface area (Å²) in [6.45, 7) is 7.32. The van der Waals surface area contributed by atoms with E-state index in [1.807, 2.05) is 0 Å². The Kier molecular flexibility index (Phi) is 6.53. The van der Waals surface area contributed by atoms with Crippen LogP contribution >= 0.6 is 0 Å². The summed E-state index contributed by atoms with van der Waals surface area (Å²) in [4.78, 5) is 10.9. The molecule has 0 spiro atoms. The first-order chi connectivity index (χ1) is 14.6. The lowest BCUT2D eigenvalue weighted by Crippen LogP contribution is -2.54. The monoisotopic (exact) mass is 436 g/mol.